The molecule has 2 aromatic rings. The lowest BCUT2D eigenvalue weighted by Crippen LogP contribution is -2.46. The van der Waals surface area contributed by atoms with Crippen molar-refractivity contribution < 1.29 is 0 Å². The summed E-state index contributed by atoms with van der Waals surface area (Å²) in [4.78, 5) is 9.23. The van der Waals surface area contributed by atoms with Gasteiger partial charge in [0.05, 0.1) is 16.4 Å². The van der Waals surface area contributed by atoms with Crippen LogP contribution in [0.2, 0.25) is 0 Å². The molecule has 3 rings (SSSR count). The number of hydrogen-bond acceptors (Lipinski definition) is 7. The average Bonchev–Trinajstić information content (AvgIpc) is 3.05. The van der Waals surface area contributed by atoms with Gasteiger partial charge in [-0.2, -0.15) is 10.4 Å². The van der Waals surface area contributed by atoms with Crippen molar-refractivity contribution in [2.45, 2.75) is 33.7 Å². The molecule has 1 aliphatic rings. The van der Waals surface area contributed by atoms with Crippen molar-refractivity contribution in [2.75, 3.05) is 31.1 Å². The highest BCUT2D eigenvalue weighted by atomic mass is 32.1. The molecule has 6 nitrogen and oxygen atoms in total. The van der Waals surface area contributed by atoms with Crippen LogP contribution in [0.1, 0.15) is 34.4 Å². The largest absolute Gasteiger partial charge is 0.351 e. The molecule has 7 heteroatoms. The van der Waals surface area contributed by atoms with Crippen LogP contribution in [0.3, 0.4) is 0 Å². The Bertz CT molecular complexity index is 755. The molecule has 126 valence electrons. The van der Waals surface area contributed by atoms with Crippen LogP contribution in [-0.4, -0.2) is 46.3 Å². The van der Waals surface area contributed by atoms with Crippen LogP contribution in [0, 0.1) is 25.2 Å². The van der Waals surface area contributed by atoms with Crippen molar-refractivity contribution in [2.24, 2.45) is 0 Å². The number of hydrogen-bond donors (Lipinski definition) is 0. The summed E-state index contributed by atoms with van der Waals surface area (Å²) in [5, 5.41) is 21.3. The summed E-state index contributed by atoms with van der Waals surface area (Å²) in [7, 11) is 0. The zero-order valence-electron chi connectivity index (χ0n) is 14.4. The maximum atomic E-state index is 9.46. The van der Waals surface area contributed by atoms with Crippen molar-refractivity contribution in [3.05, 3.63) is 32.9 Å². The van der Waals surface area contributed by atoms with E-state index in [4.69, 9.17) is 0 Å². The third kappa shape index (κ3) is 3.40. The van der Waals surface area contributed by atoms with E-state index in [2.05, 4.69) is 43.4 Å². The van der Waals surface area contributed by atoms with Crippen LogP contribution in [-0.2, 0) is 13.0 Å². The first-order valence-corrected chi connectivity index (χ1v) is 9.15. The van der Waals surface area contributed by atoms with Crippen LogP contribution in [0.15, 0.2) is 5.38 Å². The van der Waals surface area contributed by atoms with E-state index < -0.39 is 0 Å². The molecule has 0 aliphatic carbocycles. The van der Waals surface area contributed by atoms with Crippen molar-refractivity contribution in [1.29, 1.82) is 5.26 Å². The number of aromatic nitrogens is 3. The van der Waals surface area contributed by atoms with Gasteiger partial charge in [0.15, 0.2) is 5.82 Å². The monoisotopic (exact) mass is 342 g/mol. The van der Waals surface area contributed by atoms with E-state index in [1.165, 1.54) is 5.01 Å². The Kier molecular flexibility index (Phi) is 5.07. The number of nitriles is 1. The highest BCUT2D eigenvalue weighted by molar-refractivity contribution is 7.09. The predicted molar refractivity (Wildman–Crippen MR) is 95.2 cm³/mol. The van der Waals surface area contributed by atoms with Crippen molar-refractivity contribution in [1.82, 2.24) is 20.1 Å². The summed E-state index contributed by atoms with van der Waals surface area (Å²) in [5.41, 5.74) is 3.57. The number of anilines is 1. The molecule has 0 N–H and O–H groups in total. The molecule has 24 heavy (non-hydrogen) atoms. The first-order chi connectivity index (χ1) is 11.6. The molecule has 1 aliphatic heterocycles. The SMILES string of the molecule is CCc1nc(CN2CCN(c3nnc(C)c(C)c3C#N)CC2)cs1. The van der Waals surface area contributed by atoms with Gasteiger partial charge in [0.1, 0.15) is 11.6 Å². The van der Waals surface area contributed by atoms with Gasteiger partial charge in [-0.15, -0.1) is 16.4 Å². The molecule has 0 saturated carbocycles. The molecule has 1 fully saturated rings. The average molecular weight is 342 g/mol. The van der Waals surface area contributed by atoms with Gasteiger partial charge in [-0.3, -0.25) is 4.90 Å². The highest BCUT2D eigenvalue weighted by Gasteiger charge is 2.22. The summed E-state index contributed by atoms with van der Waals surface area (Å²) in [5.74, 6) is 0.724. The number of thiazole rings is 1. The molecule has 0 atom stereocenters. The van der Waals surface area contributed by atoms with Gasteiger partial charge in [-0.05, 0) is 25.8 Å². The molecule has 2 aromatic heterocycles. The van der Waals surface area contributed by atoms with Gasteiger partial charge in [0, 0.05) is 38.1 Å². The Morgan fingerprint density at radius 3 is 2.58 bits per heavy atom. The molecule has 0 spiro atoms. The normalized spacial score (nSPS) is 15.5. The van der Waals surface area contributed by atoms with Crippen molar-refractivity contribution >= 4 is 17.2 Å². The second-order valence-electron chi connectivity index (χ2n) is 6.07. The minimum Gasteiger partial charge on any atom is -0.351 e. The standard InChI is InChI=1S/C17H22N6S/c1-4-16-19-14(11-24-16)10-22-5-7-23(8-6-22)17-15(9-18)12(2)13(3)20-21-17/h11H,4-8,10H2,1-3H3. The van der Waals surface area contributed by atoms with Crippen molar-refractivity contribution in [3.63, 3.8) is 0 Å². The minimum absolute atomic E-state index is 0.656. The Morgan fingerprint density at radius 1 is 1.21 bits per heavy atom. The van der Waals surface area contributed by atoms with E-state index in [-0.39, 0.29) is 0 Å². The van der Waals surface area contributed by atoms with Gasteiger partial charge < -0.3 is 4.90 Å². The lowest BCUT2D eigenvalue weighted by molar-refractivity contribution is 0.246. The van der Waals surface area contributed by atoms with E-state index in [0.717, 1.165) is 61.9 Å². The first-order valence-electron chi connectivity index (χ1n) is 8.27. The number of rotatable bonds is 4. The van der Waals surface area contributed by atoms with Crippen LogP contribution in [0.4, 0.5) is 5.82 Å². The molecule has 0 unspecified atom stereocenters. The van der Waals surface area contributed by atoms with E-state index in [1.54, 1.807) is 11.3 Å². The maximum absolute atomic E-state index is 9.46. The molecule has 0 radical (unpaired) electrons. The summed E-state index contributed by atoms with van der Waals surface area (Å²) >= 11 is 1.74. The van der Waals surface area contributed by atoms with Crippen LogP contribution in [0.25, 0.3) is 0 Å². The second-order valence-corrected chi connectivity index (χ2v) is 7.01. The van der Waals surface area contributed by atoms with E-state index in [9.17, 15) is 5.26 Å². The van der Waals surface area contributed by atoms with Gasteiger partial charge >= 0.3 is 0 Å². The maximum Gasteiger partial charge on any atom is 0.169 e. The minimum atomic E-state index is 0.656. The second kappa shape index (κ2) is 7.24. The molecule has 1 saturated heterocycles. The van der Waals surface area contributed by atoms with E-state index in [0.29, 0.717) is 5.56 Å². The smallest absolute Gasteiger partial charge is 0.169 e. The van der Waals surface area contributed by atoms with E-state index in [1.807, 2.05) is 13.8 Å². The summed E-state index contributed by atoms with van der Waals surface area (Å²) in [6, 6.07) is 2.30. The summed E-state index contributed by atoms with van der Waals surface area (Å²) in [6.45, 7) is 10.5. The van der Waals surface area contributed by atoms with Gasteiger partial charge in [0.2, 0.25) is 0 Å². The van der Waals surface area contributed by atoms with Gasteiger partial charge in [0.25, 0.3) is 0 Å². The Balaban J connectivity index is 1.65. The number of piperazine rings is 1. The molecule has 0 bridgehead atoms. The molecular weight excluding hydrogens is 320 g/mol. The topological polar surface area (TPSA) is 68.9 Å². The third-order valence-corrected chi connectivity index (χ3v) is 5.55. The van der Waals surface area contributed by atoms with Crippen LogP contribution >= 0.6 is 11.3 Å². The summed E-state index contributed by atoms with van der Waals surface area (Å²) < 4.78 is 0. The fraction of sp³-hybridized carbons (Fsp3) is 0.529. The van der Waals surface area contributed by atoms with Gasteiger partial charge in [-0.25, -0.2) is 4.98 Å². The van der Waals surface area contributed by atoms with E-state index >= 15 is 0 Å². The number of aryl methyl sites for hydroxylation is 2. The molecule has 0 aromatic carbocycles. The lowest BCUT2D eigenvalue weighted by Gasteiger charge is -2.35. The van der Waals surface area contributed by atoms with Crippen molar-refractivity contribution in [3.8, 4) is 6.07 Å². The van der Waals surface area contributed by atoms with Crippen LogP contribution < -0.4 is 4.90 Å². The fourth-order valence-corrected chi connectivity index (χ4v) is 3.62. The molecule has 0 amide bonds. The highest BCUT2D eigenvalue weighted by Crippen LogP contribution is 2.23. The van der Waals surface area contributed by atoms with Gasteiger partial charge in [-0.1, -0.05) is 6.92 Å². The zero-order valence-corrected chi connectivity index (χ0v) is 15.2. The Hall–Kier alpha value is -2.04. The fourth-order valence-electron chi connectivity index (χ4n) is 2.88. The first kappa shape index (κ1) is 16.8. The predicted octanol–water partition coefficient (Wildman–Crippen LogP) is 2.31. The third-order valence-electron chi connectivity index (χ3n) is 4.51. The molecule has 3 heterocycles. The Labute approximate surface area is 146 Å². The summed E-state index contributed by atoms with van der Waals surface area (Å²) in [6.07, 6.45) is 1.00. The quantitative estimate of drug-likeness (QED) is 0.849. The van der Waals surface area contributed by atoms with Crippen LogP contribution in [0.5, 0.6) is 0 Å². The molecular formula is C17H22N6S. The lowest BCUT2D eigenvalue weighted by atomic mass is 10.1. The zero-order chi connectivity index (χ0) is 17.1. The number of nitrogens with zero attached hydrogens (tertiary/aromatic N) is 6. The Morgan fingerprint density at radius 2 is 1.96 bits per heavy atom.